The summed E-state index contributed by atoms with van der Waals surface area (Å²) in [5.41, 5.74) is 1.06. The molecule has 1 N–H and O–H groups in total. The van der Waals surface area contributed by atoms with Crippen molar-refractivity contribution >= 4 is 11.9 Å². The number of unbranched alkanes of at least 4 members (excludes halogenated alkanes) is 1. The predicted octanol–water partition coefficient (Wildman–Crippen LogP) is 2.92. The summed E-state index contributed by atoms with van der Waals surface area (Å²) in [5.74, 6) is -0.256. The van der Waals surface area contributed by atoms with Crippen molar-refractivity contribution in [2.75, 3.05) is 33.6 Å². The summed E-state index contributed by atoms with van der Waals surface area (Å²) in [6, 6.07) is 8.95. The lowest BCUT2D eigenvalue weighted by atomic mass is 10.0. The summed E-state index contributed by atoms with van der Waals surface area (Å²) >= 11 is 0. The molecular weight excluding hydrogens is 396 g/mol. The molecule has 174 valence electrons. The van der Waals surface area contributed by atoms with Gasteiger partial charge in [0.2, 0.25) is 5.91 Å². The van der Waals surface area contributed by atoms with Crippen molar-refractivity contribution in [2.45, 2.75) is 70.6 Å². The number of rotatable bonds is 13. The maximum absolute atomic E-state index is 13.5. The quantitative estimate of drug-likeness (QED) is 0.380. The van der Waals surface area contributed by atoms with E-state index in [1.807, 2.05) is 35.2 Å². The van der Waals surface area contributed by atoms with Gasteiger partial charge in [0.15, 0.2) is 0 Å². The van der Waals surface area contributed by atoms with Crippen LogP contribution >= 0.6 is 0 Å². The van der Waals surface area contributed by atoms with Crippen LogP contribution in [-0.4, -0.2) is 68.6 Å². The van der Waals surface area contributed by atoms with E-state index >= 15 is 0 Å². The molecule has 1 fully saturated rings. The first-order chi connectivity index (χ1) is 15.1. The van der Waals surface area contributed by atoms with E-state index in [0.717, 1.165) is 31.2 Å². The lowest BCUT2D eigenvalue weighted by molar-refractivity contribution is -0.147. The third kappa shape index (κ3) is 8.59. The highest BCUT2D eigenvalue weighted by Crippen LogP contribution is 2.17. The van der Waals surface area contributed by atoms with Gasteiger partial charge in [-0.05, 0) is 38.2 Å². The number of nitrogens with zero attached hydrogens (tertiary/aromatic N) is 1. The molecule has 0 saturated carbocycles. The molecule has 0 spiro atoms. The monoisotopic (exact) mass is 434 g/mol. The Hall–Kier alpha value is -1.96. The van der Waals surface area contributed by atoms with Gasteiger partial charge in [-0.25, -0.2) is 0 Å². The number of carbonyl (C=O) groups is 2. The molecule has 2 atom stereocenters. The van der Waals surface area contributed by atoms with Crippen LogP contribution in [0.2, 0.25) is 0 Å². The maximum Gasteiger partial charge on any atom is 0.323 e. The number of benzene rings is 1. The van der Waals surface area contributed by atoms with Crippen LogP contribution in [0, 0.1) is 0 Å². The van der Waals surface area contributed by atoms with Gasteiger partial charge in [-0.1, -0.05) is 50.1 Å². The van der Waals surface area contributed by atoms with Crippen LogP contribution in [0.1, 0.15) is 51.5 Å². The SMILES string of the molecule is CCCC[C@H](N[C@@H](Cc1ccccc1)C(=O)N1CCC(OCOC)CC1)C(=O)OCC. The average Bonchev–Trinajstić information content (AvgIpc) is 2.80. The van der Waals surface area contributed by atoms with Gasteiger partial charge >= 0.3 is 5.97 Å². The van der Waals surface area contributed by atoms with Crippen molar-refractivity contribution in [1.29, 1.82) is 0 Å². The second-order valence-corrected chi connectivity index (χ2v) is 7.95. The van der Waals surface area contributed by atoms with E-state index in [2.05, 4.69) is 12.2 Å². The van der Waals surface area contributed by atoms with Crippen LogP contribution in [0.4, 0.5) is 0 Å². The molecule has 1 heterocycles. The highest BCUT2D eigenvalue weighted by molar-refractivity contribution is 5.84. The molecule has 1 saturated heterocycles. The molecule has 0 aromatic heterocycles. The highest BCUT2D eigenvalue weighted by Gasteiger charge is 2.32. The summed E-state index contributed by atoms with van der Waals surface area (Å²) in [5, 5.41) is 3.35. The smallest absolute Gasteiger partial charge is 0.323 e. The fourth-order valence-electron chi connectivity index (χ4n) is 3.86. The Labute approximate surface area is 186 Å². The number of esters is 1. The number of hydrogen-bond acceptors (Lipinski definition) is 6. The molecule has 1 aliphatic heterocycles. The normalized spacial score (nSPS) is 16.7. The van der Waals surface area contributed by atoms with Crippen LogP contribution < -0.4 is 5.32 Å². The van der Waals surface area contributed by atoms with Crippen molar-refractivity contribution in [2.24, 2.45) is 0 Å². The van der Waals surface area contributed by atoms with Crippen molar-refractivity contribution in [3.63, 3.8) is 0 Å². The Bertz CT molecular complexity index is 647. The summed E-state index contributed by atoms with van der Waals surface area (Å²) in [4.78, 5) is 27.9. The van der Waals surface area contributed by atoms with Gasteiger partial charge in [-0.15, -0.1) is 0 Å². The molecule has 1 aliphatic rings. The minimum absolute atomic E-state index is 0.0276. The lowest BCUT2D eigenvalue weighted by Crippen LogP contribution is -2.55. The number of ether oxygens (including phenoxy) is 3. The van der Waals surface area contributed by atoms with E-state index in [1.165, 1.54) is 0 Å². The second-order valence-electron chi connectivity index (χ2n) is 7.95. The van der Waals surface area contributed by atoms with Crippen molar-refractivity contribution in [1.82, 2.24) is 10.2 Å². The Morgan fingerprint density at radius 1 is 1.13 bits per heavy atom. The molecular formula is C24H38N2O5. The number of likely N-dealkylation sites (tertiary alicyclic amines) is 1. The number of amides is 1. The number of methoxy groups -OCH3 is 1. The van der Waals surface area contributed by atoms with Crippen LogP contribution in [0.15, 0.2) is 30.3 Å². The average molecular weight is 435 g/mol. The van der Waals surface area contributed by atoms with Gasteiger partial charge in [0, 0.05) is 20.2 Å². The van der Waals surface area contributed by atoms with E-state index in [0.29, 0.717) is 32.5 Å². The molecule has 0 radical (unpaired) electrons. The van der Waals surface area contributed by atoms with Gasteiger partial charge in [-0.3, -0.25) is 14.9 Å². The Morgan fingerprint density at radius 3 is 2.45 bits per heavy atom. The lowest BCUT2D eigenvalue weighted by Gasteiger charge is -2.35. The summed E-state index contributed by atoms with van der Waals surface area (Å²) in [6.45, 7) is 5.77. The summed E-state index contributed by atoms with van der Waals surface area (Å²) in [7, 11) is 1.61. The second kappa shape index (κ2) is 14.2. The van der Waals surface area contributed by atoms with Crippen molar-refractivity contribution < 1.29 is 23.8 Å². The maximum atomic E-state index is 13.5. The standard InChI is InChI=1S/C24H38N2O5/c1-4-6-12-21(24(28)30-5-2)25-22(17-19-10-8-7-9-11-19)23(27)26-15-13-20(14-16-26)31-18-29-3/h7-11,20-22,25H,4-6,12-18H2,1-3H3/t21-,22-/m0/s1. The zero-order valence-corrected chi connectivity index (χ0v) is 19.2. The molecule has 7 heteroatoms. The van der Waals surface area contributed by atoms with Gasteiger partial charge in [0.05, 0.1) is 18.8 Å². The van der Waals surface area contributed by atoms with Crippen molar-refractivity contribution in [3.05, 3.63) is 35.9 Å². The number of piperidine rings is 1. The highest BCUT2D eigenvalue weighted by atomic mass is 16.7. The van der Waals surface area contributed by atoms with Gasteiger partial charge in [0.25, 0.3) is 0 Å². The molecule has 31 heavy (non-hydrogen) atoms. The minimum Gasteiger partial charge on any atom is -0.465 e. The number of carbonyl (C=O) groups excluding carboxylic acids is 2. The van der Waals surface area contributed by atoms with Crippen LogP contribution in [0.5, 0.6) is 0 Å². The zero-order valence-electron chi connectivity index (χ0n) is 19.2. The summed E-state index contributed by atoms with van der Waals surface area (Å²) in [6.07, 6.45) is 4.73. The van der Waals surface area contributed by atoms with Crippen molar-refractivity contribution in [3.8, 4) is 0 Å². The number of nitrogens with one attached hydrogen (secondary N) is 1. The van der Waals surface area contributed by atoms with Crippen LogP contribution in [-0.2, 0) is 30.2 Å². The van der Waals surface area contributed by atoms with Gasteiger partial charge < -0.3 is 19.1 Å². The topological polar surface area (TPSA) is 77.1 Å². The van der Waals surface area contributed by atoms with Crippen LogP contribution in [0.25, 0.3) is 0 Å². The fraction of sp³-hybridized carbons (Fsp3) is 0.667. The Morgan fingerprint density at radius 2 is 1.84 bits per heavy atom. The van der Waals surface area contributed by atoms with Gasteiger partial charge in [-0.2, -0.15) is 0 Å². The molecule has 0 aliphatic carbocycles. The van der Waals surface area contributed by atoms with E-state index in [-0.39, 0.29) is 24.8 Å². The zero-order chi connectivity index (χ0) is 22.5. The first-order valence-electron chi connectivity index (χ1n) is 11.4. The Kier molecular flexibility index (Phi) is 11.6. The van der Waals surface area contributed by atoms with Gasteiger partial charge in [0.1, 0.15) is 12.8 Å². The van der Waals surface area contributed by atoms with E-state index in [9.17, 15) is 9.59 Å². The minimum atomic E-state index is -0.486. The molecule has 1 amide bonds. The fourth-order valence-corrected chi connectivity index (χ4v) is 3.86. The number of hydrogen-bond donors (Lipinski definition) is 1. The van der Waals surface area contributed by atoms with E-state index < -0.39 is 12.1 Å². The first kappa shape index (κ1) is 25.3. The molecule has 2 rings (SSSR count). The predicted molar refractivity (Wildman–Crippen MR) is 120 cm³/mol. The molecule has 1 aromatic rings. The molecule has 1 aromatic carbocycles. The van der Waals surface area contributed by atoms with Crippen LogP contribution in [0.3, 0.4) is 0 Å². The largest absolute Gasteiger partial charge is 0.465 e. The third-order valence-electron chi connectivity index (χ3n) is 5.58. The van der Waals surface area contributed by atoms with E-state index in [4.69, 9.17) is 14.2 Å². The third-order valence-corrected chi connectivity index (χ3v) is 5.58. The van der Waals surface area contributed by atoms with E-state index in [1.54, 1.807) is 14.0 Å². The summed E-state index contributed by atoms with van der Waals surface area (Å²) < 4.78 is 15.9. The molecule has 0 unspecified atom stereocenters. The molecule has 7 nitrogen and oxygen atoms in total. The first-order valence-corrected chi connectivity index (χ1v) is 11.4. The molecule has 0 bridgehead atoms. The Balaban J connectivity index is 2.09.